The van der Waals surface area contributed by atoms with E-state index < -0.39 is 11.6 Å². The van der Waals surface area contributed by atoms with Crippen LogP contribution in [0.5, 0.6) is 0 Å². The summed E-state index contributed by atoms with van der Waals surface area (Å²) in [4.78, 5) is 23.8. The second-order valence-electron chi connectivity index (χ2n) is 6.13. The van der Waals surface area contributed by atoms with Crippen molar-refractivity contribution in [1.29, 1.82) is 0 Å². The molecule has 2 amide bonds. The number of nitrogen functional groups attached to an aromatic ring is 1. The van der Waals surface area contributed by atoms with Crippen molar-refractivity contribution in [3.63, 3.8) is 0 Å². The predicted octanol–water partition coefficient (Wildman–Crippen LogP) is 2.20. The van der Waals surface area contributed by atoms with E-state index >= 15 is 0 Å². The quantitative estimate of drug-likeness (QED) is 0.579. The molecule has 0 saturated carbocycles. The molecule has 6 heteroatoms. The van der Waals surface area contributed by atoms with Gasteiger partial charge in [-0.05, 0) is 30.5 Å². The summed E-state index contributed by atoms with van der Waals surface area (Å²) in [5, 5.41) is 14.3. The zero-order chi connectivity index (χ0) is 18.3. The SMILES string of the molecule is CC(Cc1ccccc1N)(NC(=O)O)C(=O)NCCc1ccccc1. The molecule has 0 aliphatic heterocycles. The van der Waals surface area contributed by atoms with Crippen LogP contribution < -0.4 is 16.4 Å². The molecule has 1 unspecified atom stereocenters. The van der Waals surface area contributed by atoms with Crippen LogP contribution in [0.15, 0.2) is 54.6 Å². The number of carbonyl (C=O) groups is 2. The number of hydrogen-bond acceptors (Lipinski definition) is 3. The van der Waals surface area contributed by atoms with Gasteiger partial charge in [-0.15, -0.1) is 0 Å². The molecule has 0 spiro atoms. The first-order valence-electron chi connectivity index (χ1n) is 8.07. The van der Waals surface area contributed by atoms with Gasteiger partial charge in [-0.3, -0.25) is 4.79 Å². The number of hydrogen-bond donors (Lipinski definition) is 4. The maximum absolute atomic E-state index is 12.6. The third-order valence-corrected chi connectivity index (χ3v) is 4.03. The first-order chi connectivity index (χ1) is 11.9. The van der Waals surface area contributed by atoms with E-state index in [1.165, 1.54) is 0 Å². The van der Waals surface area contributed by atoms with Crippen molar-refractivity contribution in [2.45, 2.75) is 25.3 Å². The van der Waals surface area contributed by atoms with Crippen LogP contribution in [0.2, 0.25) is 0 Å². The van der Waals surface area contributed by atoms with Crippen LogP contribution in [-0.4, -0.2) is 29.2 Å². The maximum Gasteiger partial charge on any atom is 0.405 e. The minimum Gasteiger partial charge on any atom is -0.465 e. The Bertz CT molecular complexity index is 734. The average Bonchev–Trinajstić information content (AvgIpc) is 2.57. The minimum absolute atomic E-state index is 0.170. The normalized spacial score (nSPS) is 12.8. The average molecular weight is 341 g/mol. The van der Waals surface area contributed by atoms with Crippen molar-refractivity contribution in [3.8, 4) is 0 Å². The molecule has 0 bridgehead atoms. The molecular formula is C19H23N3O3. The number of nitrogens with one attached hydrogen (secondary N) is 2. The summed E-state index contributed by atoms with van der Waals surface area (Å²) < 4.78 is 0. The number of carboxylic acid groups (broad SMARTS) is 1. The van der Waals surface area contributed by atoms with Crippen molar-refractivity contribution in [3.05, 3.63) is 65.7 Å². The molecule has 0 saturated heterocycles. The third-order valence-electron chi connectivity index (χ3n) is 4.03. The largest absolute Gasteiger partial charge is 0.465 e. The van der Waals surface area contributed by atoms with Crippen LogP contribution in [-0.2, 0) is 17.6 Å². The second-order valence-corrected chi connectivity index (χ2v) is 6.13. The van der Waals surface area contributed by atoms with E-state index in [1.807, 2.05) is 30.3 Å². The van der Waals surface area contributed by atoms with Gasteiger partial charge < -0.3 is 21.5 Å². The Kier molecular flexibility index (Phi) is 6.00. The highest BCUT2D eigenvalue weighted by Crippen LogP contribution is 2.19. The number of para-hydroxylation sites is 1. The Hall–Kier alpha value is -3.02. The summed E-state index contributed by atoms with van der Waals surface area (Å²) in [7, 11) is 0. The lowest BCUT2D eigenvalue weighted by molar-refractivity contribution is -0.126. The van der Waals surface area contributed by atoms with Gasteiger partial charge in [-0.1, -0.05) is 48.5 Å². The number of amides is 2. The Morgan fingerprint density at radius 2 is 1.72 bits per heavy atom. The molecule has 2 aromatic carbocycles. The summed E-state index contributed by atoms with van der Waals surface area (Å²) in [6.07, 6.45) is -0.415. The monoisotopic (exact) mass is 341 g/mol. The van der Waals surface area contributed by atoms with Gasteiger partial charge in [0.05, 0.1) is 0 Å². The molecule has 2 aromatic rings. The van der Waals surface area contributed by atoms with Crippen molar-refractivity contribution in [2.75, 3.05) is 12.3 Å². The van der Waals surface area contributed by atoms with Gasteiger partial charge in [-0.2, -0.15) is 0 Å². The fourth-order valence-corrected chi connectivity index (χ4v) is 2.65. The highest BCUT2D eigenvalue weighted by atomic mass is 16.4. The molecule has 0 aromatic heterocycles. The standard InChI is InChI=1S/C19H23N3O3/c1-19(22-18(24)25,13-15-9-5-6-10-16(15)20)17(23)21-12-11-14-7-3-2-4-8-14/h2-10,22H,11-13,20H2,1H3,(H,21,23)(H,24,25). The molecule has 2 rings (SSSR count). The summed E-state index contributed by atoms with van der Waals surface area (Å²) in [5.41, 5.74) is 6.97. The molecule has 1 atom stereocenters. The van der Waals surface area contributed by atoms with Gasteiger partial charge in [0, 0.05) is 18.7 Å². The van der Waals surface area contributed by atoms with E-state index in [2.05, 4.69) is 10.6 Å². The van der Waals surface area contributed by atoms with Crippen molar-refractivity contribution < 1.29 is 14.7 Å². The van der Waals surface area contributed by atoms with E-state index in [0.717, 1.165) is 11.1 Å². The summed E-state index contributed by atoms with van der Waals surface area (Å²) >= 11 is 0. The van der Waals surface area contributed by atoms with Crippen LogP contribution in [0.1, 0.15) is 18.1 Å². The number of carbonyl (C=O) groups excluding carboxylic acids is 1. The van der Waals surface area contributed by atoms with Gasteiger partial charge in [0.1, 0.15) is 5.54 Å². The van der Waals surface area contributed by atoms with Gasteiger partial charge in [-0.25, -0.2) is 4.79 Å². The van der Waals surface area contributed by atoms with Crippen LogP contribution >= 0.6 is 0 Å². The van der Waals surface area contributed by atoms with Gasteiger partial charge in [0.15, 0.2) is 0 Å². The maximum atomic E-state index is 12.6. The first-order valence-corrected chi connectivity index (χ1v) is 8.07. The predicted molar refractivity (Wildman–Crippen MR) is 97.3 cm³/mol. The number of anilines is 1. The minimum atomic E-state index is -1.31. The third kappa shape index (κ3) is 5.24. The lowest BCUT2D eigenvalue weighted by Crippen LogP contribution is -2.58. The van der Waals surface area contributed by atoms with E-state index in [1.54, 1.807) is 31.2 Å². The Morgan fingerprint density at radius 1 is 1.08 bits per heavy atom. The number of benzene rings is 2. The van der Waals surface area contributed by atoms with E-state index in [-0.39, 0.29) is 12.3 Å². The number of rotatable bonds is 7. The van der Waals surface area contributed by atoms with E-state index in [4.69, 9.17) is 10.8 Å². The van der Waals surface area contributed by atoms with Crippen LogP contribution in [0.4, 0.5) is 10.5 Å². The fraction of sp³-hybridized carbons (Fsp3) is 0.263. The van der Waals surface area contributed by atoms with Crippen LogP contribution in [0, 0.1) is 0 Å². The zero-order valence-electron chi connectivity index (χ0n) is 14.2. The van der Waals surface area contributed by atoms with Crippen LogP contribution in [0.3, 0.4) is 0 Å². The number of nitrogens with two attached hydrogens (primary N) is 1. The van der Waals surface area contributed by atoms with Gasteiger partial charge in [0.2, 0.25) is 5.91 Å². The molecule has 5 N–H and O–H groups in total. The second kappa shape index (κ2) is 8.19. The van der Waals surface area contributed by atoms with Gasteiger partial charge >= 0.3 is 6.09 Å². The van der Waals surface area contributed by atoms with E-state index in [0.29, 0.717) is 18.7 Å². The first kappa shape index (κ1) is 18.3. The summed E-state index contributed by atoms with van der Waals surface area (Å²) in [6.45, 7) is 1.98. The highest BCUT2D eigenvalue weighted by Gasteiger charge is 2.35. The lowest BCUT2D eigenvalue weighted by atomic mass is 9.91. The molecule has 0 heterocycles. The Balaban J connectivity index is 2.05. The molecule has 0 fully saturated rings. The highest BCUT2D eigenvalue weighted by molar-refractivity contribution is 5.89. The molecule has 25 heavy (non-hydrogen) atoms. The van der Waals surface area contributed by atoms with Crippen molar-refractivity contribution in [1.82, 2.24) is 10.6 Å². The fourth-order valence-electron chi connectivity index (χ4n) is 2.65. The Morgan fingerprint density at radius 3 is 2.36 bits per heavy atom. The molecular weight excluding hydrogens is 318 g/mol. The molecule has 6 nitrogen and oxygen atoms in total. The topological polar surface area (TPSA) is 104 Å². The summed E-state index contributed by atoms with van der Waals surface area (Å²) in [5.74, 6) is -0.380. The van der Waals surface area contributed by atoms with E-state index in [9.17, 15) is 9.59 Å². The van der Waals surface area contributed by atoms with Crippen molar-refractivity contribution >= 4 is 17.7 Å². The van der Waals surface area contributed by atoms with Crippen LogP contribution in [0.25, 0.3) is 0 Å². The molecule has 0 aliphatic rings. The molecule has 0 radical (unpaired) electrons. The lowest BCUT2D eigenvalue weighted by Gasteiger charge is -2.29. The summed E-state index contributed by atoms with van der Waals surface area (Å²) in [6, 6.07) is 16.9. The molecule has 0 aliphatic carbocycles. The zero-order valence-corrected chi connectivity index (χ0v) is 14.2. The molecule has 132 valence electrons. The Labute approximate surface area is 147 Å². The smallest absolute Gasteiger partial charge is 0.405 e. The van der Waals surface area contributed by atoms with Crippen molar-refractivity contribution in [2.24, 2.45) is 0 Å². The van der Waals surface area contributed by atoms with Gasteiger partial charge in [0.25, 0.3) is 0 Å².